The van der Waals surface area contributed by atoms with Gasteiger partial charge in [-0.2, -0.15) is 4.31 Å². The van der Waals surface area contributed by atoms with Crippen molar-refractivity contribution in [3.05, 3.63) is 56.7 Å². The number of aryl methyl sites for hydroxylation is 1. The number of likely N-dealkylation sites (N-methyl/N-ethyl adjacent to an activating group) is 1. The Morgan fingerprint density at radius 1 is 1.21 bits per heavy atom. The van der Waals surface area contributed by atoms with Crippen LogP contribution in [0.4, 0.5) is 0 Å². The first-order chi connectivity index (χ1) is 13.8. The summed E-state index contributed by atoms with van der Waals surface area (Å²) in [7, 11) is -2.36. The zero-order chi connectivity index (χ0) is 21.0. The van der Waals surface area contributed by atoms with Gasteiger partial charge in [-0.15, -0.1) is 22.7 Å². The van der Waals surface area contributed by atoms with Gasteiger partial charge in [0, 0.05) is 28.9 Å². The Morgan fingerprint density at radius 3 is 2.59 bits per heavy atom. The van der Waals surface area contributed by atoms with Crippen LogP contribution in [-0.4, -0.2) is 43.8 Å². The van der Waals surface area contributed by atoms with Crippen LogP contribution in [0.25, 0.3) is 10.6 Å². The van der Waals surface area contributed by atoms with Crippen molar-refractivity contribution < 1.29 is 13.2 Å². The Hall–Kier alpha value is -1.78. The molecule has 0 bridgehead atoms. The van der Waals surface area contributed by atoms with Gasteiger partial charge in [-0.25, -0.2) is 13.4 Å². The van der Waals surface area contributed by atoms with Crippen LogP contribution >= 0.6 is 34.3 Å². The summed E-state index contributed by atoms with van der Waals surface area (Å²) in [4.78, 5) is 19.0. The first-order valence-corrected chi connectivity index (χ1v) is 12.3. The summed E-state index contributed by atoms with van der Waals surface area (Å²) in [6.07, 6.45) is 0.674. The summed E-state index contributed by atoms with van der Waals surface area (Å²) >= 11 is 9.05. The van der Waals surface area contributed by atoms with Crippen molar-refractivity contribution in [3.8, 4) is 10.6 Å². The number of carbonyl (C=O) groups excluding carboxylic acids is 1. The van der Waals surface area contributed by atoms with Crippen molar-refractivity contribution in [2.75, 3.05) is 20.1 Å². The number of aromatic nitrogens is 1. The molecule has 0 spiro atoms. The number of carbonyl (C=O) groups is 1. The molecule has 0 atom stereocenters. The van der Waals surface area contributed by atoms with E-state index in [0.29, 0.717) is 18.0 Å². The molecule has 0 radical (unpaired) electrons. The van der Waals surface area contributed by atoms with Crippen LogP contribution in [0, 0.1) is 6.92 Å². The lowest BCUT2D eigenvalue weighted by Gasteiger charge is -2.17. The lowest BCUT2D eigenvalue weighted by molar-refractivity contribution is -0.121. The average molecular weight is 470 g/mol. The van der Waals surface area contributed by atoms with E-state index < -0.39 is 10.0 Å². The van der Waals surface area contributed by atoms with Crippen LogP contribution in [0.3, 0.4) is 0 Å². The molecule has 0 saturated heterocycles. The van der Waals surface area contributed by atoms with Crippen molar-refractivity contribution in [1.29, 1.82) is 0 Å². The molecule has 0 fully saturated rings. The Balaban J connectivity index is 1.49. The van der Waals surface area contributed by atoms with Crippen LogP contribution in [0.2, 0.25) is 5.02 Å². The SMILES string of the molecule is Cc1nc(-c2ccc(CCNC(=O)CN(C)S(=O)(=O)c3ccc(Cl)cc3)s2)cs1. The van der Waals surface area contributed by atoms with Gasteiger partial charge in [0.05, 0.1) is 27.0 Å². The second kappa shape index (κ2) is 9.36. The van der Waals surface area contributed by atoms with Gasteiger partial charge >= 0.3 is 0 Å². The highest BCUT2D eigenvalue weighted by Gasteiger charge is 2.22. The molecular formula is C19H20ClN3O3S3. The number of thiophene rings is 1. The topological polar surface area (TPSA) is 79.4 Å². The number of amides is 1. The first-order valence-electron chi connectivity index (χ1n) is 8.75. The van der Waals surface area contributed by atoms with Gasteiger partial charge in [0.15, 0.2) is 0 Å². The fourth-order valence-corrected chi connectivity index (χ4v) is 5.49. The minimum absolute atomic E-state index is 0.0978. The second-order valence-electron chi connectivity index (χ2n) is 6.33. The van der Waals surface area contributed by atoms with E-state index in [1.165, 1.54) is 31.3 Å². The van der Waals surface area contributed by atoms with E-state index in [1.54, 1.807) is 22.7 Å². The summed E-state index contributed by atoms with van der Waals surface area (Å²) in [5.41, 5.74) is 0.974. The van der Waals surface area contributed by atoms with Gasteiger partial charge in [-0.1, -0.05) is 11.6 Å². The van der Waals surface area contributed by atoms with Crippen molar-refractivity contribution in [2.45, 2.75) is 18.2 Å². The molecule has 6 nitrogen and oxygen atoms in total. The molecule has 3 aromatic rings. The number of thiazole rings is 1. The van der Waals surface area contributed by atoms with E-state index in [2.05, 4.69) is 10.3 Å². The van der Waals surface area contributed by atoms with E-state index in [4.69, 9.17) is 11.6 Å². The van der Waals surface area contributed by atoms with Gasteiger partial charge in [0.1, 0.15) is 0 Å². The minimum atomic E-state index is -3.74. The number of sulfonamides is 1. The maximum Gasteiger partial charge on any atom is 0.243 e. The van der Waals surface area contributed by atoms with Crippen LogP contribution in [0.15, 0.2) is 46.7 Å². The number of hydrogen-bond donors (Lipinski definition) is 1. The molecule has 1 N–H and O–H groups in total. The van der Waals surface area contributed by atoms with E-state index in [9.17, 15) is 13.2 Å². The predicted molar refractivity (Wildman–Crippen MR) is 118 cm³/mol. The monoisotopic (exact) mass is 469 g/mol. The van der Waals surface area contributed by atoms with E-state index in [1.807, 2.05) is 24.4 Å². The fourth-order valence-electron chi connectivity index (χ4n) is 2.58. The second-order valence-corrected chi connectivity index (χ2v) is 11.0. The zero-order valence-electron chi connectivity index (χ0n) is 15.9. The third kappa shape index (κ3) is 5.64. The highest BCUT2D eigenvalue weighted by molar-refractivity contribution is 7.89. The largest absolute Gasteiger partial charge is 0.355 e. The van der Waals surface area contributed by atoms with Crippen LogP contribution < -0.4 is 5.32 Å². The van der Waals surface area contributed by atoms with Gasteiger partial charge in [0.25, 0.3) is 0 Å². The van der Waals surface area contributed by atoms with Gasteiger partial charge < -0.3 is 5.32 Å². The summed E-state index contributed by atoms with van der Waals surface area (Å²) in [6.45, 7) is 2.16. The standard InChI is InChI=1S/C19H20ClN3O3S3/c1-13-22-17(12-27-13)18-8-5-15(28-18)9-10-21-19(24)11-23(2)29(25,26)16-6-3-14(20)4-7-16/h3-8,12H,9-11H2,1-2H3,(H,21,24). The molecule has 0 aliphatic heterocycles. The molecule has 0 saturated carbocycles. The average Bonchev–Trinajstić information content (AvgIpc) is 3.31. The number of benzene rings is 1. The molecule has 3 rings (SSSR count). The summed E-state index contributed by atoms with van der Waals surface area (Å²) in [6, 6.07) is 9.91. The third-order valence-corrected chi connectivity index (χ3v) is 8.13. The number of halogens is 1. The molecule has 154 valence electrons. The van der Waals surface area contributed by atoms with Crippen LogP contribution in [0.5, 0.6) is 0 Å². The molecular weight excluding hydrogens is 450 g/mol. The third-order valence-electron chi connectivity index (χ3n) is 4.11. The normalized spacial score (nSPS) is 11.7. The van der Waals surface area contributed by atoms with Crippen molar-refractivity contribution in [3.63, 3.8) is 0 Å². The van der Waals surface area contributed by atoms with Gasteiger partial charge in [-0.05, 0) is 49.7 Å². The van der Waals surface area contributed by atoms with E-state index in [0.717, 1.165) is 24.8 Å². The number of hydrogen-bond acceptors (Lipinski definition) is 6. The molecule has 0 aliphatic carbocycles. The first kappa shape index (κ1) is 21.9. The quantitative estimate of drug-likeness (QED) is 0.544. The molecule has 1 amide bonds. The summed E-state index contributed by atoms with van der Waals surface area (Å²) < 4.78 is 26.1. The van der Waals surface area contributed by atoms with Gasteiger partial charge in [0.2, 0.25) is 15.9 Å². The number of rotatable bonds is 8. The van der Waals surface area contributed by atoms with E-state index >= 15 is 0 Å². The Labute approximate surface area is 183 Å². The van der Waals surface area contributed by atoms with Crippen molar-refractivity contribution in [1.82, 2.24) is 14.6 Å². The molecule has 1 aromatic carbocycles. The summed E-state index contributed by atoms with van der Waals surface area (Å²) in [5.74, 6) is -0.350. The summed E-state index contributed by atoms with van der Waals surface area (Å²) in [5, 5.41) is 6.28. The Morgan fingerprint density at radius 2 is 1.93 bits per heavy atom. The fraction of sp³-hybridized carbons (Fsp3) is 0.263. The lowest BCUT2D eigenvalue weighted by atomic mass is 10.3. The maximum atomic E-state index is 12.5. The lowest BCUT2D eigenvalue weighted by Crippen LogP contribution is -2.38. The Kier molecular flexibility index (Phi) is 7.07. The molecule has 10 heteroatoms. The Bertz CT molecular complexity index is 1090. The van der Waals surface area contributed by atoms with Crippen molar-refractivity contribution in [2.24, 2.45) is 0 Å². The molecule has 0 aliphatic rings. The smallest absolute Gasteiger partial charge is 0.243 e. The highest BCUT2D eigenvalue weighted by atomic mass is 35.5. The predicted octanol–water partition coefficient (Wildman–Crippen LogP) is 3.81. The van der Waals surface area contributed by atoms with Crippen molar-refractivity contribution >= 4 is 50.2 Å². The molecule has 0 unspecified atom stereocenters. The van der Waals surface area contributed by atoms with E-state index in [-0.39, 0.29) is 17.3 Å². The molecule has 29 heavy (non-hydrogen) atoms. The number of nitrogens with zero attached hydrogens (tertiary/aromatic N) is 2. The zero-order valence-corrected chi connectivity index (χ0v) is 19.1. The van der Waals surface area contributed by atoms with Crippen LogP contribution in [0.1, 0.15) is 9.88 Å². The van der Waals surface area contributed by atoms with Crippen LogP contribution in [-0.2, 0) is 21.2 Å². The number of nitrogens with one attached hydrogen (secondary N) is 1. The minimum Gasteiger partial charge on any atom is -0.355 e. The molecule has 2 heterocycles. The maximum absolute atomic E-state index is 12.5. The highest BCUT2D eigenvalue weighted by Crippen LogP contribution is 2.29. The molecule has 2 aromatic heterocycles. The van der Waals surface area contributed by atoms with Gasteiger partial charge in [-0.3, -0.25) is 4.79 Å².